The molecule has 1 saturated heterocycles. The normalized spacial score (nSPS) is 22.3. The Morgan fingerprint density at radius 2 is 1.51 bits per heavy atom. The summed E-state index contributed by atoms with van der Waals surface area (Å²) in [4.78, 5) is 13.1. The summed E-state index contributed by atoms with van der Waals surface area (Å²) in [7, 11) is 0. The standard InChI is InChI=1S/C34H34O7/c1-2-19-38-34-32(41-33(36)27-14-7-4-8-15-27)31(39-22-25-17-18-26-13-9-10-16-28(26)20-25)30(35)29(40-34)23-37-21-24-11-5-3-6-12-24/h2-18,20,29-32,34-35H,1,19,21-23H2. The number of hydrogen-bond acceptors (Lipinski definition) is 7. The summed E-state index contributed by atoms with van der Waals surface area (Å²) in [5.41, 5.74) is 2.28. The molecule has 5 rings (SSSR count). The zero-order valence-electron chi connectivity index (χ0n) is 22.7. The highest BCUT2D eigenvalue weighted by Crippen LogP contribution is 2.29. The summed E-state index contributed by atoms with van der Waals surface area (Å²) in [5, 5.41) is 13.7. The molecule has 7 nitrogen and oxygen atoms in total. The molecule has 0 radical (unpaired) electrons. The minimum absolute atomic E-state index is 0.0825. The van der Waals surface area contributed by atoms with Crippen LogP contribution in [-0.2, 0) is 36.9 Å². The first-order chi connectivity index (χ1) is 20.1. The van der Waals surface area contributed by atoms with E-state index in [2.05, 4.69) is 6.58 Å². The molecule has 1 aliphatic rings. The zero-order valence-corrected chi connectivity index (χ0v) is 22.7. The quantitative estimate of drug-likeness (QED) is 0.184. The van der Waals surface area contributed by atoms with Crippen LogP contribution in [0.4, 0.5) is 0 Å². The predicted octanol–water partition coefficient (Wildman–Crippen LogP) is 5.46. The van der Waals surface area contributed by atoms with Crippen LogP contribution in [0.2, 0.25) is 0 Å². The Morgan fingerprint density at radius 1 is 0.805 bits per heavy atom. The van der Waals surface area contributed by atoms with E-state index < -0.39 is 36.7 Å². The van der Waals surface area contributed by atoms with Crippen molar-refractivity contribution in [2.24, 2.45) is 0 Å². The first kappa shape index (κ1) is 28.7. The molecular weight excluding hydrogens is 520 g/mol. The smallest absolute Gasteiger partial charge is 0.338 e. The summed E-state index contributed by atoms with van der Waals surface area (Å²) in [6.45, 7) is 4.48. The van der Waals surface area contributed by atoms with Gasteiger partial charge in [0.2, 0.25) is 0 Å². The van der Waals surface area contributed by atoms with Crippen molar-refractivity contribution >= 4 is 16.7 Å². The second kappa shape index (κ2) is 14.2. The third kappa shape index (κ3) is 7.47. The van der Waals surface area contributed by atoms with Gasteiger partial charge in [-0.15, -0.1) is 6.58 Å². The Bertz CT molecular complexity index is 1410. The number of carbonyl (C=O) groups excluding carboxylic acids is 1. The molecule has 4 aromatic carbocycles. The summed E-state index contributed by atoms with van der Waals surface area (Å²) in [6, 6.07) is 32.5. The van der Waals surface area contributed by atoms with E-state index in [0.29, 0.717) is 12.2 Å². The summed E-state index contributed by atoms with van der Waals surface area (Å²) in [5.74, 6) is -0.573. The number of carbonyl (C=O) groups is 1. The zero-order chi connectivity index (χ0) is 28.4. The Hall–Kier alpha value is -3.85. The fourth-order valence-corrected chi connectivity index (χ4v) is 4.80. The van der Waals surface area contributed by atoms with Gasteiger partial charge in [0.05, 0.1) is 32.0 Å². The van der Waals surface area contributed by atoms with Gasteiger partial charge in [-0.05, 0) is 40.1 Å². The highest BCUT2D eigenvalue weighted by molar-refractivity contribution is 5.89. The number of rotatable bonds is 12. The fraction of sp³-hybridized carbons (Fsp3) is 0.265. The first-order valence-corrected chi connectivity index (χ1v) is 13.7. The number of aliphatic hydroxyl groups excluding tert-OH is 1. The molecule has 1 aliphatic heterocycles. The van der Waals surface area contributed by atoms with Gasteiger partial charge in [0.1, 0.15) is 18.3 Å². The summed E-state index contributed by atoms with van der Waals surface area (Å²) in [6.07, 6.45) is -3.40. The van der Waals surface area contributed by atoms with Crippen LogP contribution < -0.4 is 0 Å². The number of benzene rings is 4. The van der Waals surface area contributed by atoms with Crippen LogP contribution in [0.1, 0.15) is 21.5 Å². The molecule has 4 aromatic rings. The Balaban J connectivity index is 1.37. The Kier molecular flexibility index (Phi) is 9.91. The Morgan fingerprint density at radius 3 is 2.27 bits per heavy atom. The summed E-state index contributed by atoms with van der Waals surface area (Å²) >= 11 is 0. The van der Waals surface area contributed by atoms with Gasteiger partial charge in [0.25, 0.3) is 0 Å². The molecule has 5 atom stereocenters. The summed E-state index contributed by atoms with van der Waals surface area (Å²) < 4.78 is 30.1. The van der Waals surface area contributed by atoms with E-state index in [9.17, 15) is 9.90 Å². The van der Waals surface area contributed by atoms with E-state index >= 15 is 0 Å². The molecule has 0 amide bonds. The molecule has 212 valence electrons. The van der Waals surface area contributed by atoms with Crippen LogP contribution in [0.15, 0.2) is 116 Å². The Labute approximate surface area is 239 Å². The monoisotopic (exact) mass is 554 g/mol. The van der Waals surface area contributed by atoms with Gasteiger partial charge in [-0.2, -0.15) is 0 Å². The molecule has 1 N–H and O–H groups in total. The van der Waals surface area contributed by atoms with Gasteiger partial charge >= 0.3 is 5.97 Å². The van der Waals surface area contributed by atoms with Gasteiger partial charge in [0, 0.05) is 0 Å². The van der Waals surface area contributed by atoms with Gasteiger partial charge in [0.15, 0.2) is 12.4 Å². The number of ether oxygens (including phenoxy) is 5. The fourth-order valence-electron chi connectivity index (χ4n) is 4.80. The lowest BCUT2D eigenvalue weighted by atomic mass is 9.98. The van der Waals surface area contributed by atoms with E-state index in [1.54, 1.807) is 30.3 Å². The van der Waals surface area contributed by atoms with E-state index in [0.717, 1.165) is 21.9 Å². The minimum atomic E-state index is -1.16. The van der Waals surface area contributed by atoms with Crippen molar-refractivity contribution in [3.63, 3.8) is 0 Å². The molecule has 0 bridgehead atoms. The number of fused-ring (bicyclic) bond motifs is 1. The number of esters is 1. The molecule has 41 heavy (non-hydrogen) atoms. The van der Waals surface area contributed by atoms with Crippen LogP contribution >= 0.6 is 0 Å². The van der Waals surface area contributed by atoms with Crippen LogP contribution in [0.3, 0.4) is 0 Å². The van der Waals surface area contributed by atoms with Gasteiger partial charge in [-0.1, -0.05) is 91.0 Å². The molecule has 5 unspecified atom stereocenters. The molecule has 7 heteroatoms. The molecule has 0 saturated carbocycles. The average Bonchev–Trinajstić information content (AvgIpc) is 3.02. The maximum Gasteiger partial charge on any atom is 0.338 e. The maximum atomic E-state index is 13.1. The van der Waals surface area contributed by atoms with E-state index in [4.69, 9.17) is 23.7 Å². The highest BCUT2D eigenvalue weighted by Gasteiger charge is 2.49. The highest BCUT2D eigenvalue weighted by atomic mass is 16.7. The number of hydrogen-bond donors (Lipinski definition) is 1. The second-order valence-corrected chi connectivity index (χ2v) is 9.85. The van der Waals surface area contributed by atoms with Crippen molar-refractivity contribution < 1.29 is 33.6 Å². The molecule has 0 spiro atoms. The van der Waals surface area contributed by atoms with Crippen LogP contribution in [0.5, 0.6) is 0 Å². The first-order valence-electron chi connectivity index (χ1n) is 13.7. The van der Waals surface area contributed by atoms with Crippen molar-refractivity contribution in [1.82, 2.24) is 0 Å². The minimum Gasteiger partial charge on any atom is -0.450 e. The lowest BCUT2D eigenvalue weighted by Gasteiger charge is -2.43. The molecular formula is C34H34O7. The van der Waals surface area contributed by atoms with Gasteiger partial charge < -0.3 is 28.8 Å². The predicted molar refractivity (Wildman–Crippen MR) is 155 cm³/mol. The van der Waals surface area contributed by atoms with Crippen molar-refractivity contribution in [1.29, 1.82) is 0 Å². The third-order valence-corrected chi connectivity index (χ3v) is 6.90. The van der Waals surface area contributed by atoms with Crippen molar-refractivity contribution in [2.45, 2.75) is 43.9 Å². The average molecular weight is 555 g/mol. The molecule has 1 heterocycles. The van der Waals surface area contributed by atoms with E-state index in [1.165, 1.54) is 0 Å². The van der Waals surface area contributed by atoms with Crippen LogP contribution in [0, 0.1) is 0 Å². The molecule has 0 aliphatic carbocycles. The second-order valence-electron chi connectivity index (χ2n) is 9.85. The van der Waals surface area contributed by atoms with Gasteiger partial charge in [-0.3, -0.25) is 0 Å². The lowest BCUT2D eigenvalue weighted by Crippen LogP contribution is -2.61. The maximum absolute atomic E-state index is 13.1. The van der Waals surface area contributed by atoms with Crippen molar-refractivity contribution in [3.8, 4) is 0 Å². The van der Waals surface area contributed by atoms with E-state index in [1.807, 2.05) is 78.9 Å². The van der Waals surface area contributed by atoms with Crippen molar-refractivity contribution in [3.05, 3.63) is 132 Å². The number of aliphatic hydroxyl groups is 1. The third-order valence-electron chi connectivity index (χ3n) is 6.90. The molecule has 1 fully saturated rings. The van der Waals surface area contributed by atoms with Crippen LogP contribution in [-0.4, -0.2) is 55.0 Å². The largest absolute Gasteiger partial charge is 0.450 e. The van der Waals surface area contributed by atoms with Gasteiger partial charge in [-0.25, -0.2) is 4.79 Å². The lowest BCUT2D eigenvalue weighted by molar-refractivity contribution is -0.307. The van der Waals surface area contributed by atoms with E-state index in [-0.39, 0.29) is 19.8 Å². The topological polar surface area (TPSA) is 83.5 Å². The van der Waals surface area contributed by atoms with Crippen LogP contribution in [0.25, 0.3) is 10.8 Å². The SMILES string of the molecule is C=CCOC1OC(COCc2ccccc2)C(O)C(OCc2ccc3ccccc3c2)C1OC(=O)c1ccccc1. The molecule has 0 aromatic heterocycles. The van der Waals surface area contributed by atoms with Crippen molar-refractivity contribution in [2.75, 3.05) is 13.2 Å².